The second-order valence-corrected chi connectivity index (χ2v) is 7.38. The molecule has 0 aliphatic heterocycles. The summed E-state index contributed by atoms with van der Waals surface area (Å²) in [7, 11) is 0. The normalized spacial score (nSPS) is 10.4. The van der Waals surface area contributed by atoms with Gasteiger partial charge in [0.05, 0.1) is 0 Å². The van der Waals surface area contributed by atoms with Crippen molar-refractivity contribution in [1.82, 2.24) is 0 Å². The maximum absolute atomic E-state index is 3.51. The fraction of sp³-hybridized carbons (Fsp3) is 0.100. The van der Waals surface area contributed by atoms with Crippen LogP contribution in [0.4, 0.5) is 11.4 Å². The maximum atomic E-state index is 3.51. The molecule has 122 valence electrons. The molecule has 0 atom stereocenters. The highest BCUT2D eigenvalue weighted by atomic mass is 79.9. The van der Waals surface area contributed by atoms with Crippen LogP contribution in [0, 0.1) is 0 Å². The Labute approximate surface area is 159 Å². The molecule has 3 aromatic carbocycles. The highest BCUT2D eigenvalue weighted by molar-refractivity contribution is 9.10. The van der Waals surface area contributed by atoms with Gasteiger partial charge in [0.25, 0.3) is 0 Å². The van der Waals surface area contributed by atoms with Crippen molar-refractivity contribution in [2.24, 2.45) is 0 Å². The van der Waals surface area contributed by atoms with Gasteiger partial charge in [0.1, 0.15) is 0 Å². The van der Waals surface area contributed by atoms with Gasteiger partial charge in [-0.15, -0.1) is 0 Å². The molecule has 0 fully saturated rings. The van der Waals surface area contributed by atoms with Crippen LogP contribution in [0.3, 0.4) is 0 Å². The summed E-state index contributed by atoms with van der Waals surface area (Å²) in [6, 6.07) is 25.0. The molecule has 0 radical (unpaired) electrons. The van der Waals surface area contributed by atoms with Gasteiger partial charge >= 0.3 is 0 Å². The Hall–Kier alpha value is -1.78. The molecule has 0 saturated heterocycles. The monoisotopic (exact) mass is 444 g/mol. The molecule has 0 saturated carbocycles. The van der Waals surface area contributed by atoms with E-state index in [9.17, 15) is 0 Å². The van der Waals surface area contributed by atoms with E-state index in [-0.39, 0.29) is 0 Å². The van der Waals surface area contributed by atoms with Crippen molar-refractivity contribution in [2.75, 3.05) is 10.6 Å². The van der Waals surface area contributed by atoms with Crippen LogP contribution in [0.1, 0.15) is 11.1 Å². The van der Waals surface area contributed by atoms with Crippen LogP contribution >= 0.6 is 31.9 Å². The van der Waals surface area contributed by atoms with Crippen molar-refractivity contribution in [3.8, 4) is 0 Å². The summed E-state index contributed by atoms with van der Waals surface area (Å²) in [6.07, 6.45) is 0. The van der Waals surface area contributed by atoms with Crippen LogP contribution in [0.15, 0.2) is 81.7 Å². The first-order chi connectivity index (χ1) is 11.7. The lowest BCUT2D eigenvalue weighted by atomic mass is 10.2. The summed E-state index contributed by atoms with van der Waals surface area (Å²) in [4.78, 5) is 0. The number of hydrogen-bond donors (Lipinski definition) is 2. The number of nitrogens with one attached hydrogen (secondary N) is 2. The minimum atomic E-state index is 0.800. The van der Waals surface area contributed by atoms with E-state index in [2.05, 4.69) is 103 Å². The molecule has 0 amide bonds. The zero-order chi connectivity index (χ0) is 16.8. The van der Waals surface area contributed by atoms with E-state index >= 15 is 0 Å². The fourth-order valence-electron chi connectivity index (χ4n) is 2.44. The van der Waals surface area contributed by atoms with Gasteiger partial charge in [-0.2, -0.15) is 0 Å². The fourth-order valence-corrected chi connectivity index (χ4v) is 3.33. The molecular formula is C20H18Br2N2. The molecule has 4 heteroatoms. The van der Waals surface area contributed by atoms with Gasteiger partial charge in [-0.25, -0.2) is 0 Å². The van der Waals surface area contributed by atoms with Crippen molar-refractivity contribution >= 4 is 43.2 Å². The number of benzene rings is 3. The summed E-state index contributed by atoms with van der Waals surface area (Å²) in [6.45, 7) is 1.60. The second-order valence-electron chi connectivity index (χ2n) is 5.55. The minimum Gasteiger partial charge on any atom is -0.381 e. The Morgan fingerprint density at radius 3 is 1.50 bits per heavy atom. The van der Waals surface area contributed by atoms with E-state index in [0.29, 0.717) is 0 Å². The van der Waals surface area contributed by atoms with Gasteiger partial charge in [-0.3, -0.25) is 0 Å². The van der Waals surface area contributed by atoms with Crippen LogP contribution < -0.4 is 10.6 Å². The lowest BCUT2D eigenvalue weighted by Gasteiger charge is -2.11. The maximum Gasteiger partial charge on any atom is 0.0401 e. The van der Waals surface area contributed by atoms with Crippen LogP contribution in [0.25, 0.3) is 0 Å². The molecule has 0 heterocycles. The molecule has 0 aromatic heterocycles. The largest absolute Gasteiger partial charge is 0.381 e. The van der Waals surface area contributed by atoms with Gasteiger partial charge in [0, 0.05) is 33.4 Å². The molecule has 0 unspecified atom stereocenters. The van der Waals surface area contributed by atoms with E-state index < -0.39 is 0 Å². The summed E-state index contributed by atoms with van der Waals surface area (Å²) < 4.78 is 2.21. The van der Waals surface area contributed by atoms with E-state index in [1.165, 1.54) is 11.1 Å². The zero-order valence-corrected chi connectivity index (χ0v) is 16.3. The molecule has 0 spiro atoms. The average molecular weight is 446 g/mol. The van der Waals surface area contributed by atoms with Crippen molar-refractivity contribution in [3.63, 3.8) is 0 Å². The predicted molar refractivity (Wildman–Crippen MR) is 109 cm³/mol. The Morgan fingerprint density at radius 1 is 0.583 bits per heavy atom. The average Bonchev–Trinajstić information content (AvgIpc) is 2.59. The first kappa shape index (κ1) is 17.1. The van der Waals surface area contributed by atoms with Gasteiger partial charge < -0.3 is 10.6 Å². The first-order valence-corrected chi connectivity index (χ1v) is 9.34. The Bertz CT molecular complexity index is 753. The molecule has 3 aromatic rings. The minimum absolute atomic E-state index is 0.800. The first-order valence-electron chi connectivity index (χ1n) is 7.76. The molecule has 0 bridgehead atoms. The number of hydrogen-bond acceptors (Lipinski definition) is 2. The van der Waals surface area contributed by atoms with Gasteiger partial charge in [0.2, 0.25) is 0 Å². The van der Waals surface area contributed by atoms with Crippen LogP contribution in [0.5, 0.6) is 0 Å². The summed E-state index contributed by atoms with van der Waals surface area (Å²) in [5, 5.41) is 6.94. The summed E-state index contributed by atoms with van der Waals surface area (Å²) in [5.41, 5.74) is 4.71. The van der Waals surface area contributed by atoms with Crippen molar-refractivity contribution in [1.29, 1.82) is 0 Å². The molecule has 3 rings (SSSR count). The highest BCUT2D eigenvalue weighted by Crippen LogP contribution is 2.19. The Morgan fingerprint density at radius 2 is 1.04 bits per heavy atom. The Kier molecular flexibility index (Phi) is 5.94. The molecule has 0 aliphatic rings. The lowest BCUT2D eigenvalue weighted by molar-refractivity contribution is 1.13. The summed E-state index contributed by atoms with van der Waals surface area (Å²) >= 11 is 7.01. The van der Waals surface area contributed by atoms with E-state index in [4.69, 9.17) is 0 Å². The number of halogens is 2. The van der Waals surface area contributed by atoms with Crippen LogP contribution in [-0.2, 0) is 13.1 Å². The van der Waals surface area contributed by atoms with Crippen molar-refractivity contribution in [2.45, 2.75) is 13.1 Å². The SMILES string of the molecule is Brc1cccc(CNc2cccc(NCc3cccc(Br)c3)c2)c1. The molecule has 2 N–H and O–H groups in total. The lowest BCUT2D eigenvalue weighted by Crippen LogP contribution is -2.02. The van der Waals surface area contributed by atoms with Crippen LogP contribution in [-0.4, -0.2) is 0 Å². The standard InChI is InChI=1S/C20H18Br2N2/c21-17-6-1-4-15(10-17)13-23-19-8-3-9-20(12-19)24-14-16-5-2-7-18(22)11-16/h1-12,23-24H,13-14H2. The third-order valence-electron chi connectivity index (χ3n) is 3.63. The third kappa shape index (κ3) is 5.11. The van der Waals surface area contributed by atoms with Crippen LogP contribution in [0.2, 0.25) is 0 Å². The van der Waals surface area contributed by atoms with E-state index in [1.54, 1.807) is 0 Å². The number of anilines is 2. The van der Waals surface area contributed by atoms with Gasteiger partial charge in [0.15, 0.2) is 0 Å². The zero-order valence-electron chi connectivity index (χ0n) is 13.1. The summed E-state index contributed by atoms with van der Waals surface area (Å²) in [5.74, 6) is 0. The van der Waals surface area contributed by atoms with E-state index in [1.807, 2.05) is 12.1 Å². The molecule has 24 heavy (non-hydrogen) atoms. The quantitative estimate of drug-likeness (QED) is 0.456. The Balaban J connectivity index is 1.59. The smallest absolute Gasteiger partial charge is 0.0401 e. The molecule has 2 nitrogen and oxygen atoms in total. The van der Waals surface area contributed by atoms with Crippen molar-refractivity contribution in [3.05, 3.63) is 92.9 Å². The van der Waals surface area contributed by atoms with E-state index in [0.717, 1.165) is 33.4 Å². The van der Waals surface area contributed by atoms with Gasteiger partial charge in [-0.1, -0.05) is 62.2 Å². The third-order valence-corrected chi connectivity index (χ3v) is 4.62. The highest BCUT2D eigenvalue weighted by Gasteiger charge is 1.99. The second kappa shape index (κ2) is 8.36. The molecule has 0 aliphatic carbocycles. The molecular weight excluding hydrogens is 428 g/mol. The number of rotatable bonds is 6. The van der Waals surface area contributed by atoms with Crippen molar-refractivity contribution < 1.29 is 0 Å². The predicted octanol–water partition coefficient (Wildman–Crippen LogP) is 6.44. The van der Waals surface area contributed by atoms with Gasteiger partial charge in [-0.05, 0) is 53.6 Å². The topological polar surface area (TPSA) is 24.1 Å².